The van der Waals surface area contributed by atoms with E-state index in [1.54, 1.807) is 18.2 Å². The molecule has 0 aromatic heterocycles. The Bertz CT molecular complexity index is 459. The highest BCUT2D eigenvalue weighted by Crippen LogP contribution is 2.19. The van der Waals surface area contributed by atoms with E-state index >= 15 is 0 Å². The molecule has 0 saturated carbocycles. The van der Waals surface area contributed by atoms with Gasteiger partial charge in [-0.2, -0.15) is 0 Å². The summed E-state index contributed by atoms with van der Waals surface area (Å²) in [6, 6.07) is 5.20. The topological polar surface area (TPSA) is 76.8 Å². The first-order valence-corrected chi connectivity index (χ1v) is 6.72. The molecule has 1 fully saturated rings. The molecule has 20 heavy (non-hydrogen) atoms. The van der Waals surface area contributed by atoms with Crippen LogP contribution in [0, 0.1) is 0 Å². The number of esters is 1. The first-order valence-electron chi connectivity index (χ1n) is 6.72. The van der Waals surface area contributed by atoms with Crippen molar-refractivity contribution in [1.29, 1.82) is 0 Å². The fraction of sp³-hybridized carbons (Fsp3) is 0.500. The molecule has 1 aliphatic heterocycles. The van der Waals surface area contributed by atoms with E-state index in [4.69, 9.17) is 15.2 Å². The minimum Gasteiger partial charge on any atom is -0.465 e. The van der Waals surface area contributed by atoms with Crippen molar-refractivity contribution < 1.29 is 14.3 Å². The first-order chi connectivity index (χ1) is 9.70. The molecule has 110 valence electrons. The predicted octanol–water partition coefficient (Wildman–Crippen LogP) is 0.799. The lowest BCUT2D eigenvalue weighted by Gasteiger charge is -2.26. The van der Waals surface area contributed by atoms with Crippen LogP contribution in [0.15, 0.2) is 18.2 Å². The summed E-state index contributed by atoms with van der Waals surface area (Å²) in [6.07, 6.45) is 0. The monoisotopic (exact) mass is 279 g/mol. The Hall–Kier alpha value is -1.79. The zero-order chi connectivity index (χ0) is 14.4. The molecule has 0 spiro atoms. The maximum absolute atomic E-state index is 11.7. The number of rotatable bonds is 5. The number of carbonyl (C=O) groups excluding carboxylic acids is 1. The van der Waals surface area contributed by atoms with E-state index in [2.05, 4.69) is 10.2 Å². The maximum Gasteiger partial charge on any atom is 0.340 e. The Morgan fingerprint density at radius 1 is 1.45 bits per heavy atom. The molecular formula is C14H21N3O3. The van der Waals surface area contributed by atoms with Crippen molar-refractivity contribution in [2.75, 3.05) is 57.6 Å². The van der Waals surface area contributed by atoms with Gasteiger partial charge < -0.3 is 20.5 Å². The van der Waals surface area contributed by atoms with Crippen LogP contribution in [0.5, 0.6) is 0 Å². The molecule has 0 bridgehead atoms. The Labute approximate surface area is 118 Å². The van der Waals surface area contributed by atoms with E-state index in [-0.39, 0.29) is 5.97 Å². The molecule has 3 N–H and O–H groups in total. The number of nitrogens with one attached hydrogen (secondary N) is 1. The fourth-order valence-electron chi connectivity index (χ4n) is 2.17. The molecule has 0 atom stereocenters. The van der Waals surface area contributed by atoms with E-state index in [1.807, 2.05) is 0 Å². The third-order valence-electron chi connectivity index (χ3n) is 3.30. The second kappa shape index (κ2) is 7.12. The molecular weight excluding hydrogens is 258 g/mol. The average molecular weight is 279 g/mol. The molecule has 0 amide bonds. The number of anilines is 2. The lowest BCUT2D eigenvalue weighted by Crippen LogP contribution is -2.39. The number of benzene rings is 1. The Morgan fingerprint density at radius 2 is 2.20 bits per heavy atom. The maximum atomic E-state index is 11.7. The molecule has 6 heteroatoms. The standard InChI is InChI=1S/C14H21N3O3/c1-19-14(18)12-10-11(15)2-3-13(12)16-4-5-17-6-8-20-9-7-17/h2-3,10,16H,4-9,15H2,1H3. The van der Waals surface area contributed by atoms with Crippen molar-refractivity contribution in [1.82, 2.24) is 4.90 Å². The number of hydrogen-bond acceptors (Lipinski definition) is 6. The predicted molar refractivity (Wildman–Crippen MR) is 77.9 cm³/mol. The van der Waals surface area contributed by atoms with Gasteiger partial charge in [-0.3, -0.25) is 4.90 Å². The summed E-state index contributed by atoms with van der Waals surface area (Å²) in [5.74, 6) is -0.383. The summed E-state index contributed by atoms with van der Waals surface area (Å²) >= 11 is 0. The zero-order valence-electron chi connectivity index (χ0n) is 11.7. The molecule has 1 saturated heterocycles. The minimum absolute atomic E-state index is 0.383. The van der Waals surface area contributed by atoms with Crippen LogP contribution in [-0.2, 0) is 9.47 Å². The third-order valence-corrected chi connectivity index (χ3v) is 3.30. The third kappa shape index (κ3) is 3.85. The van der Waals surface area contributed by atoms with Crippen LogP contribution in [0.2, 0.25) is 0 Å². The smallest absolute Gasteiger partial charge is 0.340 e. The largest absolute Gasteiger partial charge is 0.465 e. The SMILES string of the molecule is COC(=O)c1cc(N)ccc1NCCN1CCOCC1. The molecule has 2 rings (SSSR count). The number of methoxy groups -OCH3 is 1. The van der Waals surface area contributed by atoms with E-state index in [0.29, 0.717) is 11.3 Å². The van der Waals surface area contributed by atoms with Gasteiger partial charge in [0.05, 0.1) is 25.9 Å². The first kappa shape index (κ1) is 14.6. The van der Waals surface area contributed by atoms with Crippen molar-refractivity contribution in [3.05, 3.63) is 23.8 Å². The highest BCUT2D eigenvalue weighted by Gasteiger charge is 2.13. The lowest BCUT2D eigenvalue weighted by molar-refractivity contribution is 0.0398. The molecule has 1 aromatic carbocycles. The number of carbonyl (C=O) groups is 1. The Balaban J connectivity index is 1.92. The second-order valence-corrected chi connectivity index (χ2v) is 4.68. The summed E-state index contributed by atoms with van der Waals surface area (Å²) < 4.78 is 10.1. The highest BCUT2D eigenvalue weighted by molar-refractivity contribution is 5.96. The minimum atomic E-state index is -0.383. The van der Waals surface area contributed by atoms with Crippen LogP contribution in [0.3, 0.4) is 0 Å². The van der Waals surface area contributed by atoms with Crippen LogP contribution < -0.4 is 11.1 Å². The van der Waals surface area contributed by atoms with Crippen LogP contribution >= 0.6 is 0 Å². The van der Waals surface area contributed by atoms with Gasteiger partial charge in [-0.1, -0.05) is 0 Å². The molecule has 0 aliphatic carbocycles. The number of hydrogen-bond donors (Lipinski definition) is 2. The Morgan fingerprint density at radius 3 is 2.90 bits per heavy atom. The zero-order valence-corrected chi connectivity index (χ0v) is 11.7. The summed E-state index contributed by atoms with van der Waals surface area (Å²) in [6.45, 7) is 5.15. The van der Waals surface area contributed by atoms with Gasteiger partial charge in [0, 0.05) is 37.6 Å². The number of nitrogen functional groups attached to an aromatic ring is 1. The molecule has 1 heterocycles. The van der Waals surface area contributed by atoms with Gasteiger partial charge >= 0.3 is 5.97 Å². The van der Waals surface area contributed by atoms with Crippen LogP contribution in [-0.4, -0.2) is 57.4 Å². The quantitative estimate of drug-likeness (QED) is 0.613. The average Bonchev–Trinajstić information content (AvgIpc) is 2.49. The molecule has 0 unspecified atom stereocenters. The summed E-state index contributed by atoms with van der Waals surface area (Å²) in [5.41, 5.74) is 7.47. The van der Waals surface area contributed by atoms with Gasteiger partial charge in [0.15, 0.2) is 0 Å². The Kier molecular flexibility index (Phi) is 5.20. The van der Waals surface area contributed by atoms with Crippen LogP contribution in [0.1, 0.15) is 10.4 Å². The summed E-state index contributed by atoms with van der Waals surface area (Å²) in [7, 11) is 1.36. The highest BCUT2D eigenvalue weighted by atomic mass is 16.5. The normalized spacial score (nSPS) is 15.8. The van der Waals surface area contributed by atoms with Gasteiger partial charge in [-0.15, -0.1) is 0 Å². The van der Waals surface area contributed by atoms with E-state index in [1.165, 1.54) is 7.11 Å². The number of nitrogens with two attached hydrogens (primary N) is 1. The van der Waals surface area contributed by atoms with Gasteiger partial charge in [0.25, 0.3) is 0 Å². The van der Waals surface area contributed by atoms with Gasteiger partial charge in [0.2, 0.25) is 0 Å². The molecule has 1 aromatic rings. The fourth-order valence-corrected chi connectivity index (χ4v) is 2.17. The van der Waals surface area contributed by atoms with Crippen molar-refractivity contribution in [2.24, 2.45) is 0 Å². The van der Waals surface area contributed by atoms with Crippen molar-refractivity contribution in [3.8, 4) is 0 Å². The number of nitrogens with zero attached hydrogens (tertiary/aromatic N) is 1. The lowest BCUT2D eigenvalue weighted by atomic mass is 10.1. The van der Waals surface area contributed by atoms with Gasteiger partial charge in [-0.25, -0.2) is 4.79 Å². The van der Waals surface area contributed by atoms with Crippen molar-refractivity contribution in [3.63, 3.8) is 0 Å². The van der Waals surface area contributed by atoms with Gasteiger partial charge in [-0.05, 0) is 18.2 Å². The van der Waals surface area contributed by atoms with E-state index in [0.717, 1.165) is 45.1 Å². The summed E-state index contributed by atoms with van der Waals surface area (Å²) in [5, 5.41) is 3.26. The summed E-state index contributed by atoms with van der Waals surface area (Å²) in [4.78, 5) is 14.0. The van der Waals surface area contributed by atoms with Crippen LogP contribution in [0.25, 0.3) is 0 Å². The molecule has 1 aliphatic rings. The molecule has 6 nitrogen and oxygen atoms in total. The van der Waals surface area contributed by atoms with E-state index in [9.17, 15) is 4.79 Å². The van der Waals surface area contributed by atoms with Crippen molar-refractivity contribution in [2.45, 2.75) is 0 Å². The number of ether oxygens (including phenoxy) is 2. The number of morpholine rings is 1. The van der Waals surface area contributed by atoms with Gasteiger partial charge in [0.1, 0.15) is 0 Å². The van der Waals surface area contributed by atoms with Crippen LogP contribution in [0.4, 0.5) is 11.4 Å². The second-order valence-electron chi connectivity index (χ2n) is 4.68. The van der Waals surface area contributed by atoms with E-state index < -0.39 is 0 Å². The molecule has 0 radical (unpaired) electrons. The van der Waals surface area contributed by atoms with Crippen molar-refractivity contribution >= 4 is 17.3 Å².